The fraction of sp³-hybridized carbons (Fsp3) is 0. The highest BCUT2D eigenvalue weighted by atomic mass is 32.1. The number of fused-ring (bicyclic) bond motifs is 6. The molecule has 240 valence electrons. The summed E-state index contributed by atoms with van der Waals surface area (Å²) in [5.41, 5.74) is 11.6. The second-order valence-corrected chi connectivity index (χ2v) is 14.1. The van der Waals surface area contributed by atoms with Gasteiger partial charge in [0.05, 0.1) is 16.7 Å². The fourth-order valence-corrected chi connectivity index (χ4v) is 8.80. The van der Waals surface area contributed by atoms with E-state index in [4.69, 9.17) is 0 Å². The maximum Gasteiger partial charge on any atom is 0.0541 e. The van der Waals surface area contributed by atoms with Gasteiger partial charge in [0, 0.05) is 53.6 Å². The zero-order valence-electron chi connectivity index (χ0n) is 27.8. The Bertz CT molecular complexity index is 2830. The van der Waals surface area contributed by atoms with Crippen molar-refractivity contribution in [3.05, 3.63) is 194 Å². The van der Waals surface area contributed by atoms with Gasteiger partial charge in [0.1, 0.15) is 0 Å². The number of benzene rings is 8. The van der Waals surface area contributed by atoms with E-state index in [1.165, 1.54) is 58.7 Å². The number of hydrogen-bond donors (Lipinski definition) is 0. The molecule has 0 atom stereocenters. The summed E-state index contributed by atoms with van der Waals surface area (Å²) in [6.45, 7) is 0. The van der Waals surface area contributed by atoms with E-state index in [-0.39, 0.29) is 0 Å². The van der Waals surface area contributed by atoms with Gasteiger partial charge in [-0.25, -0.2) is 0 Å². The van der Waals surface area contributed by atoms with Crippen LogP contribution in [0.3, 0.4) is 0 Å². The van der Waals surface area contributed by atoms with Crippen molar-refractivity contribution in [2.45, 2.75) is 0 Å². The van der Waals surface area contributed by atoms with Crippen LogP contribution in [0.15, 0.2) is 194 Å². The van der Waals surface area contributed by atoms with E-state index >= 15 is 0 Å². The molecule has 2 nitrogen and oxygen atoms in total. The predicted molar refractivity (Wildman–Crippen MR) is 219 cm³/mol. The summed E-state index contributed by atoms with van der Waals surface area (Å²) in [6, 6.07) is 70.4. The molecule has 0 aliphatic carbocycles. The first-order chi connectivity index (χ1) is 25.3. The van der Waals surface area contributed by atoms with Crippen molar-refractivity contribution in [1.82, 2.24) is 4.57 Å². The van der Waals surface area contributed by atoms with Crippen LogP contribution in [0.5, 0.6) is 0 Å². The van der Waals surface area contributed by atoms with Crippen LogP contribution >= 0.6 is 11.3 Å². The summed E-state index contributed by atoms with van der Waals surface area (Å²) in [7, 11) is 0. The highest BCUT2D eigenvalue weighted by Crippen LogP contribution is 2.45. The van der Waals surface area contributed by atoms with Crippen molar-refractivity contribution in [1.29, 1.82) is 0 Å². The molecule has 0 spiro atoms. The molecule has 10 aromatic rings. The topological polar surface area (TPSA) is 8.17 Å². The van der Waals surface area contributed by atoms with Gasteiger partial charge < -0.3 is 9.47 Å². The Kier molecular flexibility index (Phi) is 7.04. The molecule has 0 fully saturated rings. The minimum Gasteiger partial charge on any atom is -0.310 e. The summed E-state index contributed by atoms with van der Waals surface area (Å²) >= 11 is 1.86. The number of anilines is 3. The summed E-state index contributed by atoms with van der Waals surface area (Å²) in [4.78, 5) is 2.43. The van der Waals surface area contributed by atoms with Crippen LogP contribution in [0.25, 0.3) is 69.9 Å². The largest absolute Gasteiger partial charge is 0.310 e. The van der Waals surface area contributed by atoms with E-state index in [1.807, 2.05) is 11.3 Å². The van der Waals surface area contributed by atoms with E-state index in [1.54, 1.807) is 0 Å². The molecule has 0 aliphatic heterocycles. The van der Waals surface area contributed by atoms with Crippen LogP contribution in [0.2, 0.25) is 0 Å². The Morgan fingerprint density at radius 3 is 1.80 bits per heavy atom. The lowest BCUT2D eigenvalue weighted by Gasteiger charge is -2.28. The van der Waals surface area contributed by atoms with Gasteiger partial charge in [0.15, 0.2) is 0 Å². The number of hydrogen-bond acceptors (Lipinski definition) is 2. The van der Waals surface area contributed by atoms with Gasteiger partial charge in [-0.1, -0.05) is 133 Å². The molecule has 10 rings (SSSR count). The molecular formula is C48H32N2S. The average molecular weight is 669 g/mol. The Morgan fingerprint density at radius 1 is 0.373 bits per heavy atom. The molecule has 0 unspecified atom stereocenters. The highest BCUT2D eigenvalue weighted by molar-refractivity contribution is 7.25. The van der Waals surface area contributed by atoms with Crippen LogP contribution < -0.4 is 4.90 Å². The van der Waals surface area contributed by atoms with Crippen molar-refractivity contribution >= 4 is 70.4 Å². The van der Waals surface area contributed by atoms with Crippen LogP contribution in [-0.2, 0) is 0 Å². The Balaban J connectivity index is 1.18. The average Bonchev–Trinajstić information content (AvgIpc) is 3.74. The molecule has 0 amide bonds. The maximum absolute atomic E-state index is 2.43. The van der Waals surface area contributed by atoms with Gasteiger partial charge in [0.2, 0.25) is 0 Å². The Hall–Kier alpha value is -6.42. The van der Waals surface area contributed by atoms with Gasteiger partial charge in [-0.3, -0.25) is 0 Å². The fourth-order valence-electron chi connectivity index (χ4n) is 7.66. The quantitative estimate of drug-likeness (QED) is 0.171. The van der Waals surface area contributed by atoms with Gasteiger partial charge in [-0.2, -0.15) is 0 Å². The molecule has 2 aromatic heterocycles. The molecule has 51 heavy (non-hydrogen) atoms. The lowest BCUT2D eigenvalue weighted by atomic mass is 10.00. The number of thiophene rings is 1. The van der Waals surface area contributed by atoms with Gasteiger partial charge in [0.25, 0.3) is 0 Å². The standard InChI is InChI=1S/C48H32N2S/c1-2-14-33(15-3-1)34-16-12-18-36(30-34)49(38-28-29-43-42-23-7-11-27-47(42)51-48(43)32-38)44-24-8-4-20-39(44)35-17-13-19-37(31-35)50-45-25-9-5-21-40(45)41-22-6-10-26-46(41)50/h1-32H. The van der Waals surface area contributed by atoms with Crippen molar-refractivity contribution in [2.24, 2.45) is 0 Å². The highest BCUT2D eigenvalue weighted by Gasteiger charge is 2.20. The first-order valence-electron chi connectivity index (χ1n) is 17.4. The second-order valence-electron chi connectivity index (χ2n) is 13.0. The van der Waals surface area contributed by atoms with E-state index in [9.17, 15) is 0 Å². The molecule has 0 saturated carbocycles. The van der Waals surface area contributed by atoms with Crippen molar-refractivity contribution in [3.8, 4) is 27.9 Å². The zero-order valence-corrected chi connectivity index (χ0v) is 28.6. The number of para-hydroxylation sites is 3. The van der Waals surface area contributed by atoms with E-state index in [0.29, 0.717) is 0 Å². The molecule has 2 heterocycles. The summed E-state index contributed by atoms with van der Waals surface area (Å²) in [6.07, 6.45) is 0. The molecule has 0 N–H and O–H groups in total. The Labute approximate surface area is 300 Å². The minimum absolute atomic E-state index is 1.11. The third-order valence-corrected chi connectivity index (χ3v) is 11.1. The SMILES string of the molecule is c1ccc(-c2cccc(N(c3ccc4c(c3)sc3ccccc34)c3ccccc3-c3cccc(-n4c5ccccc5c5ccccc54)c3)c2)cc1. The van der Waals surface area contributed by atoms with Gasteiger partial charge in [-0.05, 0) is 77.4 Å². The summed E-state index contributed by atoms with van der Waals surface area (Å²) in [5, 5.41) is 5.13. The molecule has 0 saturated heterocycles. The van der Waals surface area contributed by atoms with Crippen molar-refractivity contribution < 1.29 is 0 Å². The number of nitrogens with zero attached hydrogens (tertiary/aromatic N) is 2. The molecule has 0 bridgehead atoms. The van der Waals surface area contributed by atoms with Crippen molar-refractivity contribution in [3.63, 3.8) is 0 Å². The van der Waals surface area contributed by atoms with Crippen molar-refractivity contribution in [2.75, 3.05) is 4.90 Å². The van der Waals surface area contributed by atoms with E-state index < -0.39 is 0 Å². The third kappa shape index (κ3) is 5.01. The summed E-state index contributed by atoms with van der Waals surface area (Å²) in [5.74, 6) is 0. The first-order valence-corrected chi connectivity index (χ1v) is 18.2. The van der Waals surface area contributed by atoms with Crippen LogP contribution in [-0.4, -0.2) is 4.57 Å². The van der Waals surface area contributed by atoms with Gasteiger partial charge >= 0.3 is 0 Å². The van der Waals surface area contributed by atoms with Crippen LogP contribution in [0.1, 0.15) is 0 Å². The monoisotopic (exact) mass is 668 g/mol. The van der Waals surface area contributed by atoms with Gasteiger partial charge in [-0.15, -0.1) is 11.3 Å². The summed E-state index contributed by atoms with van der Waals surface area (Å²) < 4.78 is 4.99. The lowest BCUT2D eigenvalue weighted by Crippen LogP contribution is -2.11. The second kappa shape index (κ2) is 12.2. The molecule has 0 radical (unpaired) electrons. The predicted octanol–water partition coefficient (Wildman–Crippen LogP) is 14.0. The minimum atomic E-state index is 1.11. The smallest absolute Gasteiger partial charge is 0.0541 e. The third-order valence-electron chi connectivity index (χ3n) is 9.97. The lowest BCUT2D eigenvalue weighted by molar-refractivity contribution is 1.18. The molecular weight excluding hydrogens is 637 g/mol. The number of rotatable bonds is 6. The molecule has 8 aromatic carbocycles. The first kappa shape index (κ1) is 29.5. The van der Waals surface area contributed by atoms with Crippen LogP contribution in [0.4, 0.5) is 17.1 Å². The van der Waals surface area contributed by atoms with Crippen LogP contribution in [0, 0.1) is 0 Å². The Morgan fingerprint density at radius 2 is 0.980 bits per heavy atom. The zero-order chi connectivity index (χ0) is 33.7. The number of aromatic nitrogens is 1. The molecule has 0 aliphatic rings. The van der Waals surface area contributed by atoms with E-state index in [2.05, 4.69) is 204 Å². The maximum atomic E-state index is 2.43. The normalized spacial score (nSPS) is 11.5. The van der Waals surface area contributed by atoms with E-state index in [0.717, 1.165) is 28.3 Å². The molecule has 3 heteroatoms.